The molecule has 0 amide bonds. The first kappa shape index (κ1) is 11.3. The van der Waals surface area contributed by atoms with E-state index in [4.69, 9.17) is 15.0 Å². The van der Waals surface area contributed by atoms with Gasteiger partial charge in [-0.1, -0.05) is 35.5 Å². The fourth-order valence-electron chi connectivity index (χ4n) is 2.84. The van der Waals surface area contributed by atoms with Crippen molar-refractivity contribution < 1.29 is 9.26 Å². The molecule has 100 valence electrons. The second-order valence-corrected chi connectivity index (χ2v) is 4.99. The molecule has 0 spiro atoms. The standard InChI is InChI=1S/C16H14N2O2/c17-16-14-13(20-18-16)9-12(10-5-2-1-3-6-10)11-7-4-8-19-15(11)14/h1-3,5-6,9H,4,7-8H2,(H2,17,18). The Balaban J connectivity index is 2.07. The Hall–Kier alpha value is -2.49. The third kappa shape index (κ3) is 1.58. The van der Waals surface area contributed by atoms with E-state index in [0.717, 1.165) is 35.1 Å². The second kappa shape index (κ2) is 4.27. The molecule has 0 saturated heterocycles. The van der Waals surface area contributed by atoms with Gasteiger partial charge in [-0.2, -0.15) is 0 Å². The van der Waals surface area contributed by atoms with Gasteiger partial charge in [0.25, 0.3) is 0 Å². The van der Waals surface area contributed by atoms with E-state index in [1.165, 1.54) is 5.56 Å². The van der Waals surface area contributed by atoms with E-state index < -0.39 is 0 Å². The minimum absolute atomic E-state index is 0.401. The molecule has 20 heavy (non-hydrogen) atoms. The predicted octanol–water partition coefficient (Wildman–Crippen LogP) is 3.40. The molecule has 3 aromatic rings. The third-order valence-electron chi connectivity index (χ3n) is 3.75. The van der Waals surface area contributed by atoms with Gasteiger partial charge in [0.1, 0.15) is 11.1 Å². The van der Waals surface area contributed by atoms with Crippen molar-refractivity contribution in [2.45, 2.75) is 12.8 Å². The predicted molar refractivity (Wildman–Crippen MR) is 77.7 cm³/mol. The van der Waals surface area contributed by atoms with Crippen LogP contribution in [0.1, 0.15) is 12.0 Å². The van der Waals surface area contributed by atoms with Crippen LogP contribution in [0.25, 0.3) is 22.1 Å². The van der Waals surface area contributed by atoms with E-state index in [1.54, 1.807) is 0 Å². The van der Waals surface area contributed by atoms with Gasteiger partial charge in [-0.25, -0.2) is 0 Å². The number of nitrogens with zero attached hydrogens (tertiary/aromatic N) is 1. The molecule has 0 saturated carbocycles. The monoisotopic (exact) mass is 266 g/mol. The quantitative estimate of drug-likeness (QED) is 0.733. The van der Waals surface area contributed by atoms with Gasteiger partial charge in [-0.05, 0) is 30.0 Å². The summed E-state index contributed by atoms with van der Waals surface area (Å²) in [5, 5.41) is 4.67. The van der Waals surface area contributed by atoms with Crippen LogP contribution in [0.3, 0.4) is 0 Å². The van der Waals surface area contributed by atoms with Crippen LogP contribution < -0.4 is 10.5 Å². The van der Waals surface area contributed by atoms with Gasteiger partial charge in [0.05, 0.1) is 6.61 Å². The maximum absolute atomic E-state index is 5.90. The Morgan fingerprint density at radius 3 is 2.85 bits per heavy atom. The molecule has 4 rings (SSSR count). The molecular weight excluding hydrogens is 252 g/mol. The molecule has 4 nitrogen and oxygen atoms in total. The summed E-state index contributed by atoms with van der Waals surface area (Å²) in [6.07, 6.45) is 2.00. The highest BCUT2D eigenvalue weighted by Crippen LogP contribution is 2.42. The number of fused-ring (bicyclic) bond motifs is 3. The number of rotatable bonds is 1. The highest BCUT2D eigenvalue weighted by Gasteiger charge is 2.23. The topological polar surface area (TPSA) is 61.3 Å². The van der Waals surface area contributed by atoms with E-state index in [-0.39, 0.29) is 0 Å². The van der Waals surface area contributed by atoms with E-state index >= 15 is 0 Å². The lowest BCUT2D eigenvalue weighted by atomic mass is 9.93. The first-order chi connectivity index (χ1) is 9.84. The summed E-state index contributed by atoms with van der Waals surface area (Å²) in [6.45, 7) is 0.713. The first-order valence-electron chi connectivity index (χ1n) is 6.73. The minimum atomic E-state index is 0.401. The van der Waals surface area contributed by atoms with Crippen molar-refractivity contribution in [2.75, 3.05) is 12.3 Å². The van der Waals surface area contributed by atoms with Gasteiger partial charge in [0, 0.05) is 5.56 Å². The smallest absolute Gasteiger partial charge is 0.178 e. The van der Waals surface area contributed by atoms with E-state index in [0.29, 0.717) is 18.0 Å². The Labute approximate surface area is 116 Å². The molecule has 1 aromatic heterocycles. The largest absolute Gasteiger partial charge is 0.492 e. The van der Waals surface area contributed by atoms with Crippen molar-refractivity contribution in [3.63, 3.8) is 0 Å². The maximum Gasteiger partial charge on any atom is 0.178 e. The van der Waals surface area contributed by atoms with Crippen molar-refractivity contribution in [1.29, 1.82) is 0 Å². The summed E-state index contributed by atoms with van der Waals surface area (Å²) in [5.41, 5.74) is 10.1. The number of benzene rings is 2. The lowest BCUT2D eigenvalue weighted by molar-refractivity contribution is 0.292. The molecule has 2 N–H and O–H groups in total. The number of hydrogen-bond donors (Lipinski definition) is 1. The van der Waals surface area contributed by atoms with Crippen LogP contribution in [0, 0.1) is 0 Å². The molecule has 1 aliphatic rings. The molecule has 1 aliphatic heterocycles. The van der Waals surface area contributed by atoms with E-state index in [1.807, 2.05) is 24.3 Å². The van der Waals surface area contributed by atoms with Crippen molar-refractivity contribution in [3.8, 4) is 16.9 Å². The summed E-state index contributed by atoms with van der Waals surface area (Å²) < 4.78 is 11.2. The van der Waals surface area contributed by atoms with Crippen molar-refractivity contribution >= 4 is 16.8 Å². The zero-order valence-corrected chi connectivity index (χ0v) is 10.9. The number of nitrogens with two attached hydrogens (primary N) is 1. The second-order valence-electron chi connectivity index (χ2n) is 4.99. The molecule has 0 fully saturated rings. The van der Waals surface area contributed by atoms with Gasteiger partial charge in [-0.3, -0.25) is 0 Å². The van der Waals surface area contributed by atoms with Gasteiger partial charge in [0.15, 0.2) is 11.4 Å². The van der Waals surface area contributed by atoms with Gasteiger partial charge >= 0.3 is 0 Å². The number of ether oxygens (including phenoxy) is 1. The summed E-state index contributed by atoms with van der Waals surface area (Å²) in [4.78, 5) is 0. The molecule has 0 unspecified atom stereocenters. The Morgan fingerprint density at radius 1 is 1.15 bits per heavy atom. The molecule has 0 radical (unpaired) electrons. The fraction of sp³-hybridized carbons (Fsp3) is 0.188. The number of hydrogen-bond acceptors (Lipinski definition) is 4. The first-order valence-corrected chi connectivity index (χ1v) is 6.73. The summed E-state index contributed by atoms with van der Waals surface area (Å²) in [5.74, 6) is 1.24. The van der Waals surface area contributed by atoms with E-state index in [9.17, 15) is 0 Å². The number of anilines is 1. The minimum Gasteiger partial charge on any atom is -0.492 e. The summed E-state index contributed by atoms with van der Waals surface area (Å²) >= 11 is 0. The van der Waals surface area contributed by atoms with Crippen LogP contribution >= 0.6 is 0 Å². The van der Waals surface area contributed by atoms with E-state index in [2.05, 4.69) is 17.3 Å². The van der Waals surface area contributed by atoms with Gasteiger partial charge in [-0.15, -0.1) is 0 Å². The highest BCUT2D eigenvalue weighted by molar-refractivity contribution is 5.98. The zero-order valence-electron chi connectivity index (χ0n) is 10.9. The highest BCUT2D eigenvalue weighted by atomic mass is 16.5. The third-order valence-corrected chi connectivity index (χ3v) is 3.75. The zero-order chi connectivity index (χ0) is 13.5. The van der Waals surface area contributed by atoms with Crippen molar-refractivity contribution in [2.24, 2.45) is 0 Å². The molecule has 2 aromatic carbocycles. The summed E-state index contributed by atoms with van der Waals surface area (Å²) in [7, 11) is 0. The van der Waals surface area contributed by atoms with Crippen LogP contribution in [0.15, 0.2) is 40.9 Å². The van der Waals surface area contributed by atoms with Crippen LogP contribution in [0.2, 0.25) is 0 Å². The van der Waals surface area contributed by atoms with Crippen LogP contribution in [-0.4, -0.2) is 11.8 Å². The molecule has 0 bridgehead atoms. The lowest BCUT2D eigenvalue weighted by Gasteiger charge is -2.21. The molecule has 0 atom stereocenters. The van der Waals surface area contributed by atoms with Crippen LogP contribution in [0.4, 0.5) is 5.82 Å². The lowest BCUT2D eigenvalue weighted by Crippen LogP contribution is -2.10. The molecule has 4 heteroatoms. The Kier molecular flexibility index (Phi) is 2.42. The van der Waals surface area contributed by atoms with Crippen molar-refractivity contribution in [1.82, 2.24) is 5.16 Å². The van der Waals surface area contributed by atoms with Crippen molar-refractivity contribution in [3.05, 3.63) is 42.0 Å². The SMILES string of the molecule is Nc1noc2cc(-c3ccccc3)c3c(c12)OCCC3. The van der Waals surface area contributed by atoms with Crippen LogP contribution in [-0.2, 0) is 6.42 Å². The van der Waals surface area contributed by atoms with Gasteiger partial charge < -0.3 is 15.0 Å². The average Bonchev–Trinajstić information content (AvgIpc) is 2.89. The molecular formula is C16H14N2O2. The number of nitrogen functional groups attached to an aromatic ring is 1. The average molecular weight is 266 g/mol. The maximum atomic E-state index is 5.90. The van der Waals surface area contributed by atoms with Gasteiger partial charge in [0.2, 0.25) is 0 Å². The Morgan fingerprint density at radius 2 is 2.00 bits per heavy atom. The summed E-state index contributed by atoms with van der Waals surface area (Å²) in [6, 6.07) is 12.3. The molecule has 2 heterocycles. The molecule has 0 aliphatic carbocycles. The Bertz CT molecular complexity index is 778. The normalized spacial score (nSPS) is 14.0. The number of aromatic nitrogens is 1. The van der Waals surface area contributed by atoms with Crippen LogP contribution in [0.5, 0.6) is 5.75 Å². The fourth-order valence-corrected chi connectivity index (χ4v) is 2.84.